The van der Waals surface area contributed by atoms with Crippen molar-refractivity contribution >= 4 is 0 Å². The van der Waals surface area contributed by atoms with E-state index in [1.165, 1.54) is 6.42 Å². The predicted molar refractivity (Wildman–Crippen MR) is 69.3 cm³/mol. The summed E-state index contributed by atoms with van der Waals surface area (Å²) in [5, 5.41) is 12.0. The number of nitriles is 1. The molecule has 0 saturated carbocycles. The molecule has 3 nitrogen and oxygen atoms in total. The summed E-state index contributed by atoms with van der Waals surface area (Å²) in [6, 6.07) is 2.76. The molecular formula is C13H27N3. The average Bonchev–Trinajstić information content (AvgIpc) is 2.15. The van der Waals surface area contributed by atoms with E-state index in [2.05, 4.69) is 44.2 Å². The maximum atomic E-state index is 8.44. The van der Waals surface area contributed by atoms with Crippen LogP contribution in [0.4, 0.5) is 0 Å². The van der Waals surface area contributed by atoms with Gasteiger partial charge in [0.15, 0.2) is 0 Å². The lowest BCUT2D eigenvalue weighted by atomic mass is 10.0. The molecule has 94 valence electrons. The summed E-state index contributed by atoms with van der Waals surface area (Å²) in [5.74, 6) is 0.733. The maximum Gasteiger partial charge on any atom is 0.0621 e. The molecule has 16 heavy (non-hydrogen) atoms. The van der Waals surface area contributed by atoms with E-state index in [0.29, 0.717) is 12.5 Å². The molecule has 0 amide bonds. The van der Waals surface area contributed by atoms with E-state index in [1.807, 2.05) is 0 Å². The second-order valence-corrected chi connectivity index (χ2v) is 5.16. The highest BCUT2D eigenvalue weighted by molar-refractivity contribution is 4.72. The summed E-state index contributed by atoms with van der Waals surface area (Å²) in [7, 11) is 4.23. The summed E-state index contributed by atoms with van der Waals surface area (Å²) in [5.41, 5.74) is 0. The second kappa shape index (κ2) is 9.62. The molecule has 0 spiro atoms. The summed E-state index contributed by atoms with van der Waals surface area (Å²) in [6.45, 7) is 6.66. The van der Waals surface area contributed by atoms with Gasteiger partial charge in [0, 0.05) is 19.0 Å². The van der Waals surface area contributed by atoms with Crippen LogP contribution >= 0.6 is 0 Å². The van der Waals surface area contributed by atoms with Gasteiger partial charge in [-0.3, -0.25) is 0 Å². The van der Waals surface area contributed by atoms with Gasteiger partial charge in [0.2, 0.25) is 0 Å². The van der Waals surface area contributed by atoms with Gasteiger partial charge < -0.3 is 10.2 Å². The molecule has 3 heteroatoms. The molecule has 0 aliphatic rings. The van der Waals surface area contributed by atoms with Gasteiger partial charge in [-0.05, 0) is 45.8 Å². The van der Waals surface area contributed by atoms with Crippen LogP contribution in [0.3, 0.4) is 0 Å². The Hall–Kier alpha value is -0.590. The van der Waals surface area contributed by atoms with Crippen LogP contribution in [0.25, 0.3) is 0 Å². The minimum absolute atomic E-state index is 0.581. The van der Waals surface area contributed by atoms with Gasteiger partial charge >= 0.3 is 0 Å². The molecule has 0 saturated heterocycles. The van der Waals surface area contributed by atoms with Gasteiger partial charge in [-0.15, -0.1) is 0 Å². The van der Waals surface area contributed by atoms with Crippen molar-refractivity contribution in [1.82, 2.24) is 10.2 Å². The highest BCUT2D eigenvalue weighted by Crippen LogP contribution is 2.05. The number of nitrogens with zero attached hydrogens (tertiary/aromatic N) is 2. The highest BCUT2D eigenvalue weighted by Gasteiger charge is 2.10. The lowest BCUT2D eigenvalue weighted by Crippen LogP contribution is -2.39. The number of hydrogen-bond donors (Lipinski definition) is 1. The van der Waals surface area contributed by atoms with Crippen molar-refractivity contribution in [2.75, 3.05) is 27.2 Å². The third-order valence-electron chi connectivity index (χ3n) is 2.49. The van der Waals surface area contributed by atoms with Crippen molar-refractivity contribution in [3.8, 4) is 6.07 Å². The largest absolute Gasteiger partial charge is 0.313 e. The molecule has 1 unspecified atom stereocenters. The summed E-state index contributed by atoms with van der Waals surface area (Å²) >= 11 is 0. The molecule has 1 N–H and O–H groups in total. The third kappa shape index (κ3) is 9.95. The Balaban J connectivity index is 3.70. The number of unbranched alkanes of at least 4 members (excludes halogenated alkanes) is 2. The molecule has 0 radical (unpaired) electrons. The Kier molecular flexibility index (Phi) is 9.27. The topological polar surface area (TPSA) is 39.1 Å². The second-order valence-electron chi connectivity index (χ2n) is 5.16. The van der Waals surface area contributed by atoms with Crippen molar-refractivity contribution in [2.45, 2.75) is 45.6 Å². The van der Waals surface area contributed by atoms with Crippen LogP contribution in [-0.2, 0) is 0 Å². The highest BCUT2D eigenvalue weighted by atomic mass is 15.1. The fourth-order valence-corrected chi connectivity index (χ4v) is 1.87. The predicted octanol–water partition coefficient (Wildman–Crippen LogP) is 2.25. The Morgan fingerprint density at radius 1 is 1.25 bits per heavy atom. The summed E-state index contributed by atoms with van der Waals surface area (Å²) < 4.78 is 0. The van der Waals surface area contributed by atoms with E-state index in [4.69, 9.17) is 5.26 Å². The Bertz CT molecular complexity index is 184. The van der Waals surface area contributed by atoms with E-state index >= 15 is 0 Å². The van der Waals surface area contributed by atoms with Crippen LogP contribution in [0.1, 0.15) is 39.5 Å². The first kappa shape index (κ1) is 15.4. The summed E-state index contributed by atoms with van der Waals surface area (Å²) in [6.07, 6.45) is 4.02. The van der Waals surface area contributed by atoms with Gasteiger partial charge in [0.1, 0.15) is 0 Å². The fraction of sp³-hybridized carbons (Fsp3) is 0.923. The molecule has 0 bridgehead atoms. The molecular weight excluding hydrogens is 198 g/mol. The first-order chi connectivity index (χ1) is 7.56. The van der Waals surface area contributed by atoms with Crippen LogP contribution in [-0.4, -0.2) is 38.1 Å². The number of likely N-dealkylation sites (N-methyl/N-ethyl adjacent to an activating group) is 1. The van der Waals surface area contributed by atoms with Crippen molar-refractivity contribution in [3.63, 3.8) is 0 Å². The number of hydrogen-bond acceptors (Lipinski definition) is 3. The van der Waals surface area contributed by atoms with Crippen LogP contribution in [0.2, 0.25) is 0 Å². The average molecular weight is 225 g/mol. The fourth-order valence-electron chi connectivity index (χ4n) is 1.87. The van der Waals surface area contributed by atoms with Crippen molar-refractivity contribution in [3.05, 3.63) is 0 Å². The first-order valence-corrected chi connectivity index (χ1v) is 6.31. The minimum Gasteiger partial charge on any atom is -0.313 e. The van der Waals surface area contributed by atoms with Crippen molar-refractivity contribution < 1.29 is 0 Å². The van der Waals surface area contributed by atoms with E-state index in [-0.39, 0.29) is 0 Å². The quantitative estimate of drug-likeness (QED) is 0.612. The lowest BCUT2D eigenvalue weighted by Gasteiger charge is -2.24. The Morgan fingerprint density at radius 3 is 2.44 bits per heavy atom. The zero-order valence-electron chi connectivity index (χ0n) is 11.3. The molecule has 0 rings (SSSR count). The van der Waals surface area contributed by atoms with Gasteiger partial charge in [-0.1, -0.05) is 13.8 Å². The molecule has 0 heterocycles. The van der Waals surface area contributed by atoms with Gasteiger partial charge in [-0.25, -0.2) is 0 Å². The lowest BCUT2D eigenvalue weighted by molar-refractivity contribution is 0.305. The van der Waals surface area contributed by atoms with E-state index in [9.17, 15) is 0 Å². The molecule has 0 aliphatic heterocycles. The number of rotatable bonds is 9. The minimum atomic E-state index is 0.581. The first-order valence-electron chi connectivity index (χ1n) is 6.31. The van der Waals surface area contributed by atoms with Gasteiger partial charge in [-0.2, -0.15) is 5.26 Å². The van der Waals surface area contributed by atoms with Crippen LogP contribution in [0, 0.1) is 17.2 Å². The van der Waals surface area contributed by atoms with Crippen LogP contribution in [0.15, 0.2) is 0 Å². The van der Waals surface area contributed by atoms with E-state index in [1.54, 1.807) is 0 Å². The molecule has 0 aliphatic carbocycles. The summed E-state index contributed by atoms with van der Waals surface area (Å²) in [4.78, 5) is 2.23. The SMILES string of the molecule is CC(C)CC(CN(C)C)NCCCCC#N. The van der Waals surface area contributed by atoms with E-state index in [0.717, 1.165) is 31.8 Å². The van der Waals surface area contributed by atoms with Gasteiger partial charge in [0.25, 0.3) is 0 Å². The van der Waals surface area contributed by atoms with Gasteiger partial charge in [0.05, 0.1) is 6.07 Å². The zero-order valence-corrected chi connectivity index (χ0v) is 11.3. The molecule has 1 atom stereocenters. The van der Waals surface area contributed by atoms with E-state index < -0.39 is 0 Å². The maximum absolute atomic E-state index is 8.44. The monoisotopic (exact) mass is 225 g/mol. The third-order valence-corrected chi connectivity index (χ3v) is 2.49. The molecule has 0 aromatic rings. The molecule has 0 aromatic carbocycles. The zero-order chi connectivity index (χ0) is 12.4. The van der Waals surface area contributed by atoms with Crippen LogP contribution < -0.4 is 5.32 Å². The standard InChI is InChI=1S/C13H27N3/c1-12(2)10-13(11-16(3)4)15-9-7-5-6-8-14/h12-13,15H,5-7,9-11H2,1-4H3. The molecule has 0 aromatic heterocycles. The van der Waals surface area contributed by atoms with Crippen molar-refractivity contribution in [1.29, 1.82) is 5.26 Å². The van der Waals surface area contributed by atoms with Crippen LogP contribution in [0.5, 0.6) is 0 Å². The normalized spacial score (nSPS) is 13.1. The van der Waals surface area contributed by atoms with Crippen molar-refractivity contribution in [2.24, 2.45) is 5.92 Å². The Labute approximate surface area is 101 Å². The number of nitrogens with one attached hydrogen (secondary N) is 1. The Morgan fingerprint density at radius 2 is 1.94 bits per heavy atom. The smallest absolute Gasteiger partial charge is 0.0621 e. The molecule has 0 fully saturated rings.